The van der Waals surface area contributed by atoms with Crippen molar-refractivity contribution in [3.8, 4) is 5.75 Å². The number of nitrogens with one attached hydrogen (secondary N) is 2. The monoisotopic (exact) mass is 383 g/mol. The molecule has 0 spiro atoms. The molecule has 0 saturated carbocycles. The number of carbonyl (C=O) groups excluding carboxylic acids is 2. The third-order valence-corrected chi connectivity index (χ3v) is 4.14. The van der Waals surface area contributed by atoms with Crippen LogP contribution in [0.5, 0.6) is 5.75 Å². The van der Waals surface area contributed by atoms with Crippen LogP contribution in [-0.4, -0.2) is 42.2 Å². The maximum Gasteiger partial charge on any atom is 0.335 e. The van der Waals surface area contributed by atoms with Gasteiger partial charge in [0.1, 0.15) is 5.75 Å². The van der Waals surface area contributed by atoms with Gasteiger partial charge in [-0.25, -0.2) is 9.59 Å². The number of carboxylic acid groups (broad SMARTS) is 1. The second-order valence-corrected chi connectivity index (χ2v) is 6.57. The fourth-order valence-corrected chi connectivity index (χ4v) is 2.82. The summed E-state index contributed by atoms with van der Waals surface area (Å²) in [6, 6.07) is 10.7. The topological polar surface area (TPSA) is 108 Å². The summed E-state index contributed by atoms with van der Waals surface area (Å²) in [5.41, 5.74) is 1.39. The minimum atomic E-state index is -1.10. The molecule has 0 bridgehead atoms. The fourth-order valence-electron chi connectivity index (χ4n) is 2.82. The van der Waals surface area contributed by atoms with Gasteiger partial charge in [0, 0.05) is 24.3 Å². The lowest BCUT2D eigenvalue weighted by Gasteiger charge is -2.16. The minimum absolute atomic E-state index is 0.0433. The SMILES string of the molecule is CC(C)Oc1ccc(C(=O)O)cc1NC(=O)c1ccc(N2CCNC2=O)cc1. The van der Waals surface area contributed by atoms with E-state index in [-0.39, 0.29) is 23.4 Å². The van der Waals surface area contributed by atoms with Crippen molar-refractivity contribution in [2.45, 2.75) is 20.0 Å². The summed E-state index contributed by atoms with van der Waals surface area (Å²) in [6.07, 6.45) is -0.141. The van der Waals surface area contributed by atoms with Crippen molar-refractivity contribution in [3.63, 3.8) is 0 Å². The zero-order valence-electron chi connectivity index (χ0n) is 15.6. The first-order chi connectivity index (χ1) is 13.3. The van der Waals surface area contributed by atoms with Crippen molar-refractivity contribution in [2.75, 3.05) is 23.3 Å². The molecule has 0 aromatic heterocycles. The molecule has 3 amide bonds. The lowest BCUT2D eigenvalue weighted by Crippen LogP contribution is -2.27. The summed E-state index contributed by atoms with van der Waals surface area (Å²) in [5, 5.41) is 14.6. The second kappa shape index (κ2) is 7.99. The van der Waals surface area contributed by atoms with E-state index in [0.29, 0.717) is 30.1 Å². The molecule has 0 atom stereocenters. The highest BCUT2D eigenvalue weighted by Crippen LogP contribution is 2.28. The van der Waals surface area contributed by atoms with Gasteiger partial charge in [-0.2, -0.15) is 0 Å². The highest BCUT2D eigenvalue weighted by molar-refractivity contribution is 6.06. The van der Waals surface area contributed by atoms with Crippen LogP contribution in [0.3, 0.4) is 0 Å². The molecule has 1 saturated heterocycles. The van der Waals surface area contributed by atoms with Gasteiger partial charge in [-0.15, -0.1) is 0 Å². The normalized spacial score (nSPS) is 13.4. The fraction of sp³-hybridized carbons (Fsp3) is 0.250. The third kappa shape index (κ3) is 4.22. The maximum absolute atomic E-state index is 12.6. The van der Waals surface area contributed by atoms with E-state index in [1.54, 1.807) is 29.2 Å². The van der Waals surface area contributed by atoms with Gasteiger partial charge in [-0.3, -0.25) is 9.69 Å². The largest absolute Gasteiger partial charge is 0.489 e. The average Bonchev–Trinajstić information content (AvgIpc) is 3.08. The van der Waals surface area contributed by atoms with E-state index in [2.05, 4.69) is 10.6 Å². The number of carbonyl (C=O) groups is 3. The molecule has 28 heavy (non-hydrogen) atoms. The molecule has 3 N–H and O–H groups in total. The molecule has 1 heterocycles. The molecule has 0 unspecified atom stereocenters. The van der Waals surface area contributed by atoms with Gasteiger partial charge in [0.15, 0.2) is 0 Å². The Morgan fingerprint density at radius 2 is 1.82 bits per heavy atom. The number of ether oxygens (including phenoxy) is 1. The van der Waals surface area contributed by atoms with Crippen molar-refractivity contribution in [1.82, 2.24) is 5.32 Å². The van der Waals surface area contributed by atoms with Crippen LogP contribution in [0.15, 0.2) is 42.5 Å². The third-order valence-electron chi connectivity index (χ3n) is 4.14. The van der Waals surface area contributed by atoms with E-state index in [9.17, 15) is 19.5 Å². The summed E-state index contributed by atoms with van der Waals surface area (Å²) in [6.45, 7) is 4.83. The van der Waals surface area contributed by atoms with Crippen LogP contribution in [0.4, 0.5) is 16.2 Å². The van der Waals surface area contributed by atoms with E-state index in [4.69, 9.17) is 4.74 Å². The lowest BCUT2D eigenvalue weighted by atomic mass is 10.1. The molecule has 146 valence electrons. The number of benzene rings is 2. The van der Waals surface area contributed by atoms with E-state index in [0.717, 1.165) is 0 Å². The summed E-state index contributed by atoms with van der Waals surface area (Å²) < 4.78 is 5.66. The molecule has 2 aromatic rings. The summed E-state index contributed by atoms with van der Waals surface area (Å²) in [5.74, 6) is -1.12. The van der Waals surface area contributed by atoms with E-state index < -0.39 is 11.9 Å². The predicted octanol–water partition coefficient (Wildman–Crippen LogP) is 2.95. The number of urea groups is 1. The van der Waals surface area contributed by atoms with Crippen LogP contribution in [0.25, 0.3) is 0 Å². The summed E-state index contributed by atoms with van der Waals surface area (Å²) in [7, 11) is 0. The number of hydrogen-bond acceptors (Lipinski definition) is 4. The Bertz CT molecular complexity index is 909. The van der Waals surface area contributed by atoms with Crippen molar-refractivity contribution in [3.05, 3.63) is 53.6 Å². The van der Waals surface area contributed by atoms with Crippen LogP contribution >= 0.6 is 0 Å². The Kier molecular flexibility index (Phi) is 5.49. The quantitative estimate of drug-likeness (QED) is 0.711. The minimum Gasteiger partial charge on any atom is -0.489 e. The zero-order valence-corrected chi connectivity index (χ0v) is 15.6. The van der Waals surface area contributed by atoms with Gasteiger partial charge in [0.05, 0.1) is 17.4 Å². The van der Waals surface area contributed by atoms with Crippen molar-refractivity contribution in [1.29, 1.82) is 0 Å². The van der Waals surface area contributed by atoms with Crippen LogP contribution < -0.4 is 20.3 Å². The summed E-state index contributed by atoms with van der Waals surface area (Å²) in [4.78, 5) is 37.2. The Balaban J connectivity index is 1.80. The van der Waals surface area contributed by atoms with E-state index in [1.165, 1.54) is 18.2 Å². The zero-order chi connectivity index (χ0) is 20.3. The molecular weight excluding hydrogens is 362 g/mol. The maximum atomic E-state index is 12.6. The molecule has 1 fully saturated rings. The number of aromatic carboxylic acids is 1. The van der Waals surface area contributed by atoms with Gasteiger partial charge < -0.3 is 20.5 Å². The molecule has 1 aliphatic rings. The Morgan fingerprint density at radius 3 is 2.39 bits per heavy atom. The molecule has 8 nitrogen and oxygen atoms in total. The summed E-state index contributed by atoms with van der Waals surface area (Å²) >= 11 is 0. The van der Waals surface area contributed by atoms with Gasteiger partial charge in [0.25, 0.3) is 5.91 Å². The van der Waals surface area contributed by atoms with Gasteiger partial charge >= 0.3 is 12.0 Å². The molecule has 2 aromatic carbocycles. The smallest absolute Gasteiger partial charge is 0.335 e. The molecule has 8 heteroatoms. The van der Waals surface area contributed by atoms with Crippen LogP contribution in [0.1, 0.15) is 34.6 Å². The Hall–Kier alpha value is -3.55. The Labute approximate surface area is 162 Å². The van der Waals surface area contributed by atoms with E-state index in [1.807, 2.05) is 13.8 Å². The van der Waals surface area contributed by atoms with Gasteiger partial charge in [0.2, 0.25) is 0 Å². The number of rotatable bonds is 6. The molecule has 0 radical (unpaired) electrons. The van der Waals surface area contributed by atoms with Crippen LogP contribution in [0, 0.1) is 0 Å². The number of carboxylic acids is 1. The lowest BCUT2D eigenvalue weighted by molar-refractivity contribution is 0.0696. The standard InChI is InChI=1S/C20H21N3O5/c1-12(2)28-17-8-5-14(19(25)26)11-16(17)22-18(24)13-3-6-15(7-4-13)23-10-9-21-20(23)27/h3-8,11-12H,9-10H2,1-2H3,(H,21,27)(H,22,24)(H,25,26). The molecule has 0 aliphatic carbocycles. The van der Waals surface area contributed by atoms with Crippen molar-refractivity contribution >= 4 is 29.3 Å². The Morgan fingerprint density at radius 1 is 1.14 bits per heavy atom. The predicted molar refractivity (Wildman–Crippen MR) is 104 cm³/mol. The first-order valence-electron chi connectivity index (χ1n) is 8.86. The number of amides is 3. The van der Waals surface area contributed by atoms with E-state index >= 15 is 0 Å². The van der Waals surface area contributed by atoms with Crippen molar-refractivity contribution in [2.24, 2.45) is 0 Å². The highest BCUT2D eigenvalue weighted by Gasteiger charge is 2.21. The average molecular weight is 383 g/mol. The highest BCUT2D eigenvalue weighted by atomic mass is 16.5. The second-order valence-electron chi connectivity index (χ2n) is 6.57. The van der Waals surface area contributed by atoms with Gasteiger partial charge in [-0.1, -0.05) is 0 Å². The molecular formula is C20H21N3O5. The van der Waals surface area contributed by atoms with Crippen molar-refractivity contribution < 1.29 is 24.2 Å². The number of anilines is 2. The first kappa shape index (κ1) is 19.2. The van der Waals surface area contributed by atoms with Gasteiger partial charge in [-0.05, 0) is 56.3 Å². The first-order valence-corrected chi connectivity index (χ1v) is 8.86. The molecule has 3 rings (SSSR count). The van der Waals surface area contributed by atoms with Crippen LogP contribution in [0.2, 0.25) is 0 Å². The molecule has 1 aliphatic heterocycles. The van der Waals surface area contributed by atoms with Crippen LogP contribution in [-0.2, 0) is 0 Å². The number of hydrogen-bond donors (Lipinski definition) is 3. The number of nitrogens with zero attached hydrogens (tertiary/aromatic N) is 1.